The molecule has 3 rings (SSSR count). The third-order valence-electron chi connectivity index (χ3n) is 3.12. The lowest BCUT2D eigenvalue weighted by atomic mass is 10.1. The Hall–Kier alpha value is -2.27. The molecule has 0 N–H and O–H groups in total. The zero-order valence-corrected chi connectivity index (χ0v) is 12.9. The van der Waals surface area contributed by atoms with Crippen LogP contribution < -0.4 is 0 Å². The monoisotopic (exact) mass is 341 g/mol. The van der Waals surface area contributed by atoms with Crippen LogP contribution in [0.3, 0.4) is 0 Å². The number of pyridine rings is 1. The van der Waals surface area contributed by atoms with Gasteiger partial charge in [0.15, 0.2) is 12.1 Å². The molecule has 3 aromatic rings. The van der Waals surface area contributed by atoms with Crippen molar-refractivity contribution in [2.75, 3.05) is 0 Å². The SMILES string of the molecule is Cc1ccnc(-n2cc(C=O)c(-c3ccc(Br)cc3)n2)c1. The van der Waals surface area contributed by atoms with Gasteiger partial charge in [-0.25, -0.2) is 9.67 Å². The van der Waals surface area contributed by atoms with Crippen LogP contribution in [0.25, 0.3) is 17.1 Å². The minimum Gasteiger partial charge on any atom is -0.298 e. The molecular formula is C16H12BrN3O. The van der Waals surface area contributed by atoms with Gasteiger partial charge in [-0.2, -0.15) is 5.10 Å². The van der Waals surface area contributed by atoms with Gasteiger partial charge in [-0.1, -0.05) is 28.1 Å². The number of halogens is 1. The van der Waals surface area contributed by atoms with Crippen molar-refractivity contribution in [2.24, 2.45) is 0 Å². The number of aryl methyl sites for hydroxylation is 1. The molecule has 2 heterocycles. The largest absolute Gasteiger partial charge is 0.298 e. The van der Waals surface area contributed by atoms with Gasteiger partial charge >= 0.3 is 0 Å². The second-order valence-corrected chi connectivity index (χ2v) is 5.61. The number of aldehydes is 1. The van der Waals surface area contributed by atoms with Crippen LogP contribution in [0.4, 0.5) is 0 Å². The molecule has 0 aliphatic carbocycles. The quantitative estimate of drug-likeness (QED) is 0.680. The van der Waals surface area contributed by atoms with Gasteiger partial charge in [-0.3, -0.25) is 4.79 Å². The maximum absolute atomic E-state index is 11.3. The highest BCUT2D eigenvalue weighted by Gasteiger charge is 2.12. The Bertz CT molecular complexity index is 794. The van der Waals surface area contributed by atoms with Crippen LogP contribution in [0.1, 0.15) is 15.9 Å². The maximum Gasteiger partial charge on any atom is 0.153 e. The van der Waals surface area contributed by atoms with Crippen molar-refractivity contribution in [1.29, 1.82) is 0 Å². The molecular weight excluding hydrogens is 330 g/mol. The molecule has 2 aromatic heterocycles. The molecule has 0 fully saturated rings. The van der Waals surface area contributed by atoms with Crippen LogP contribution in [0.15, 0.2) is 53.3 Å². The molecule has 0 atom stereocenters. The average Bonchev–Trinajstić information content (AvgIpc) is 2.92. The molecule has 104 valence electrons. The summed E-state index contributed by atoms with van der Waals surface area (Å²) in [5.74, 6) is 0.696. The summed E-state index contributed by atoms with van der Waals surface area (Å²) in [5, 5.41) is 4.50. The average molecular weight is 342 g/mol. The second-order valence-electron chi connectivity index (χ2n) is 4.69. The van der Waals surface area contributed by atoms with Crippen molar-refractivity contribution in [2.45, 2.75) is 6.92 Å². The lowest BCUT2D eigenvalue weighted by Crippen LogP contribution is -1.98. The summed E-state index contributed by atoms with van der Waals surface area (Å²) < 4.78 is 2.62. The Kier molecular flexibility index (Phi) is 3.66. The van der Waals surface area contributed by atoms with E-state index in [0.717, 1.165) is 21.9 Å². The number of nitrogens with zero attached hydrogens (tertiary/aromatic N) is 3. The fourth-order valence-corrected chi connectivity index (χ4v) is 2.33. The first-order valence-corrected chi connectivity index (χ1v) is 7.20. The number of rotatable bonds is 3. The molecule has 0 radical (unpaired) electrons. The first-order valence-electron chi connectivity index (χ1n) is 6.41. The highest BCUT2D eigenvalue weighted by atomic mass is 79.9. The standard InChI is InChI=1S/C16H12BrN3O/c1-11-6-7-18-15(8-11)20-9-13(10-21)16(19-20)12-2-4-14(17)5-3-12/h2-10H,1H3. The van der Waals surface area contributed by atoms with E-state index < -0.39 is 0 Å². The summed E-state index contributed by atoms with van der Waals surface area (Å²) in [6.07, 6.45) is 4.25. The van der Waals surface area contributed by atoms with Crippen LogP contribution in [0.2, 0.25) is 0 Å². The van der Waals surface area contributed by atoms with E-state index in [0.29, 0.717) is 17.1 Å². The van der Waals surface area contributed by atoms with Crippen LogP contribution >= 0.6 is 15.9 Å². The highest BCUT2D eigenvalue weighted by Crippen LogP contribution is 2.24. The first-order chi connectivity index (χ1) is 10.2. The first kappa shape index (κ1) is 13.7. The Morgan fingerprint density at radius 1 is 1.19 bits per heavy atom. The number of hydrogen-bond donors (Lipinski definition) is 0. The number of hydrogen-bond acceptors (Lipinski definition) is 3. The summed E-state index contributed by atoms with van der Waals surface area (Å²) in [6.45, 7) is 1.99. The summed E-state index contributed by atoms with van der Waals surface area (Å²) in [7, 11) is 0. The van der Waals surface area contributed by atoms with Gasteiger partial charge in [-0.05, 0) is 36.8 Å². The van der Waals surface area contributed by atoms with Crippen molar-refractivity contribution in [3.8, 4) is 17.1 Å². The maximum atomic E-state index is 11.3. The third kappa shape index (κ3) is 2.78. The van der Waals surface area contributed by atoms with Gasteiger partial charge in [0.05, 0.1) is 5.56 Å². The van der Waals surface area contributed by atoms with E-state index in [4.69, 9.17) is 0 Å². The minimum absolute atomic E-state index is 0.542. The number of aromatic nitrogens is 3. The second kappa shape index (κ2) is 5.61. The van der Waals surface area contributed by atoms with Crippen molar-refractivity contribution in [1.82, 2.24) is 14.8 Å². The predicted molar refractivity (Wildman–Crippen MR) is 84.6 cm³/mol. The summed E-state index contributed by atoms with van der Waals surface area (Å²) in [5.41, 5.74) is 3.18. The van der Waals surface area contributed by atoms with E-state index in [-0.39, 0.29) is 0 Å². The summed E-state index contributed by atoms with van der Waals surface area (Å²) >= 11 is 3.40. The Morgan fingerprint density at radius 3 is 2.62 bits per heavy atom. The van der Waals surface area contributed by atoms with Crippen LogP contribution in [-0.2, 0) is 0 Å². The Morgan fingerprint density at radius 2 is 1.95 bits per heavy atom. The zero-order valence-electron chi connectivity index (χ0n) is 11.3. The van der Waals surface area contributed by atoms with Gasteiger partial charge in [-0.15, -0.1) is 0 Å². The number of carbonyl (C=O) groups excluding carboxylic acids is 1. The fourth-order valence-electron chi connectivity index (χ4n) is 2.07. The number of benzene rings is 1. The Balaban J connectivity index is 2.10. The van der Waals surface area contributed by atoms with Crippen molar-refractivity contribution < 1.29 is 4.79 Å². The van der Waals surface area contributed by atoms with Gasteiger partial charge in [0.25, 0.3) is 0 Å². The van der Waals surface area contributed by atoms with Gasteiger partial charge in [0.1, 0.15) is 5.69 Å². The van der Waals surface area contributed by atoms with Gasteiger partial charge in [0, 0.05) is 22.4 Å². The van der Waals surface area contributed by atoms with E-state index in [1.807, 2.05) is 43.3 Å². The number of carbonyl (C=O) groups is 1. The van der Waals surface area contributed by atoms with Gasteiger partial charge in [0.2, 0.25) is 0 Å². The molecule has 0 unspecified atom stereocenters. The predicted octanol–water partition coefficient (Wildman–Crippen LogP) is 3.82. The molecule has 1 aromatic carbocycles. The van der Waals surface area contributed by atoms with Crippen molar-refractivity contribution in [3.63, 3.8) is 0 Å². The van der Waals surface area contributed by atoms with Crippen molar-refractivity contribution >= 4 is 22.2 Å². The molecule has 0 aliphatic rings. The highest BCUT2D eigenvalue weighted by molar-refractivity contribution is 9.10. The molecule has 0 spiro atoms. The fraction of sp³-hybridized carbons (Fsp3) is 0.0625. The van der Waals surface area contributed by atoms with E-state index in [1.165, 1.54) is 0 Å². The normalized spacial score (nSPS) is 10.6. The van der Waals surface area contributed by atoms with E-state index in [1.54, 1.807) is 17.1 Å². The van der Waals surface area contributed by atoms with Crippen molar-refractivity contribution in [3.05, 3.63) is 64.4 Å². The molecule has 0 amide bonds. The molecule has 0 bridgehead atoms. The lowest BCUT2D eigenvalue weighted by molar-refractivity contribution is 0.112. The molecule has 21 heavy (non-hydrogen) atoms. The third-order valence-corrected chi connectivity index (χ3v) is 3.65. The van der Waals surface area contributed by atoms with Crippen LogP contribution in [0.5, 0.6) is 0 Å². The zero-order chi connectivity index (χ0) is 14.8. The molecule has 5 heteroatoms. The Labute approximate surface area is 130 Å². The van der Waals surface area contributed by atoms with Gasteiger partial charge < -0.3 is 0 Å². The summed E-state index contributed by atoms with van der Waals surface area (Å²) in [6, 6.07) is 11.5. The topological polar surface area (TPSA) is 47.8 Å². The smallest absolute Gasteiger partial charge is 0.153 e. The molecule has 0 aliphatic heterocycles. The minimum atomic E-state index is 0.542. The van der Waals surface area contributed by atoms with E-state index in [2.05, 4.69) is 26.0 Å². The molecule has 4 nitrogen and oxygen atoms in total. The van der Waals surface area contributed by atoms with E-state index >= 15 is 0 Å². The van der Waals surface area contributed by atoms with Crippen LogP contribution in [-0.4, -0.2) is 21.1 Å². The molecule has 0 saturated carbocycles. The summed E-state index contributed by atoms with van der Waals surface area (Å²) in [4.78, 5) is 15.6. The lowest BCUT2D eigenvalue weighted by Gasteiger charge is -2.01. The van der Waals surface area contributed by atoms with E-state index in [9.17, 15) is 4.79 Å². The molecule has 0 saturated heterocycles. The van der Waals surface area contributed by atoms with Crippen LogP contribution in [0, 0.1) is 6.92 Å².